The van der Waals surface area contributed by atoms with Gasteiger partial charge in [0.2, 0.25) is 0 Å². The van der Waals surface area contributed by atoms with E-state index in [0.717, 1.165) is 25.1 Å². The summed E-state index contributed by atoms with van der Waals surface area (Å²) < 4.78 is 6.40. The number of hydrogen-bond acceptors (Lipinski definition) is 3. The molecule has 1 unspecified atom stereocenters. The molecular formula is C16H20BrNOS. The average molecular weight is 354 g/mol. The van der Waals surface area contributed by atoms with Crippen molar-refractivity contribution >= 4 is 27.3 Å². The van der Waals surface area contributed by atoms with Crippen molar-refractivity contribution in [1.29, 1.82) is 0 Å². The molecule has 1 aromatic carbocycles. The van der Waals surface area contributed by atoms with Crippen molar-refractivity contribution in [3.63, 3.8) is 0 Å². The number of methoxy groups -OCH3 is 1. The highest BCUT2D eigenvalue weighted by Gasteiger charge is 2.08. The highest BCUT2D eigenvalue weighted by atomic mass is 79.9. The lowest BCUT2D eigenvalue weighted by atomic mass is 10.0. The summed E-state index contributed by atoms with van der Waals surface area (Å²) in [6, 6.07) is 13.0. The second kappa shape index (κ2) is 7.81. The van der Waals surface area contributed by atoms with Gasteiger partial charge in [-0.3, -0.25) is 0 Å². The summed E-state index contributed by atoms with van der Waals surface area (Å²) in [4.78, 5) is 1.41. The molecule has 0 aliphatic heterocycles. The Hall–Kier alpha value is -0.840. The molecule has 2 nitrogen and oxygen atoms in total. The van der Waals surface area contributed by atoms with Crippen LogP contribution in [0.15, 0.2) is 40.2 Å². The third-order valence-electron chi connectivity index (χ3n) is 3.32. The molecular weight excluding hydrogens is 334 g/mol. The first kappa shape index (κ1) is 15.5. The van der Waals surface area contributed by atoms with Gasteiger partial charge in [0.1, 0.15) is 5.75 Å². The average Bonchev–Trinajstić information content (AvgIpc) is 2.89. The Morgan fingerprint density at radius 1 is 1.20 bits per heavy atom. The zero-order chi connectivity index (χ0) is 14.4. The molecule has 0 saturated heterocycles. The maximum absolute atomic E-state index is 5.20. The first-order valence-corrected chi connectivity index (χ1v) is 8.45. The summed E-state index contributed by atoms with van der Waals surface area (Å²) >= 11 is 5.31. The maximum Gasteiger partial charge on any atom is 0.118 e. The van der Waals surface area contributed by atoms with Crippen molar-refractivity contribution < 1.29 is 4.74 Å². The maximum atomic E-state index is 5.20. The topological polar surface area (TPSA) is 21.3 Å². The van der Waals surface area contributed by atoms with E-state index in [2.05, 4.69) is 52.4 Å². The summed E-state index contributed by atoms with van der Waals surface area (Å²) in [6.45, 7) is 3.21. The Labute approximate surface area is 133 Å². The van der Waals surface area contributed by atoms with Crippen LogP contribution in [0.25, 0.3) is 0 Å². The lowest BCUT2D eigenvalue weighted by Gasteiger charge is -2.17. The van der Waals surface area contributed by atoms with Gasteiger partial charge in [-0.25, -0.2) is 0 Å². The monoisotopic (exact) mass is 353 g/mol. The Balaban J connectivity index is 1.88. The number of hydrogen-bond donors (Lipinski definition) is 1. The zero-order valence-corrected chi connectivity index (χ0v) is 14.3. The fourth-order valence-electron chi connectivity index (χ4n) is 2.19. The van der Waals surface area contributed by atoms with Crippen molar-refractivity contribution in [2.75, 3.05) is 13.7 Å². The molecule has 1 heterocycles. The Morgan fingerprint density at radius 3 is 2.50 bits per heavy atom. The van der Waals surface area contributed by atoms with E-state index < -0.39 is 0 Å². The van der Waals surface area contributed by atoms with Crippen LogP contribution in [-0.2, 0) is 6.42 Å². The number of halogens is 1. The molecule has 0 aliphatic carbocycles. The Kier molecular flexibility index (Phi) is 6.07. The summed E-state index contributed by atoms with van der Waals surface area (Å²) in [5.41, 5.74) is 1.32. The Morgan fingerprint density at radius 2 is 1.95 bits per heavy atom. The van der Waals surface area contributed by atoms with Gasteiger partial charge >= 0.3 is 0 Å². The van der Waals surface area contributed by atoms with E-state index in [1.165, 1.54) is 14.2 Å². The second-order valence-corrected chi connectivity index (χ2v) is 7.19. The standard InChI is InChI=1S/C16H20BrNOS/c1-3-15(12-4-6-13(19-2)7-5-12)18-11-10-14-8-9-16(17)20-14/h4-9,15,18H,3,10-11H2,1-2H3. The molecule has 20 heavy (non-hydrogen) atoms. The van der Waals surface area contributed by atoms with E-state index >= 15 is 0 Å². The minimum Gasteiger partial charge on any atom is -0.497 e. The first-order chi connectivity index (χ1) is 9.72. The fourth-order valence-corrected chi connectivity index (χ4v) is 3.67. The molecule has 1 aromatic heterocycles. The van der Waals surface area contributed by atoms with Crippen LogP contribution in [0.5, 0.6) is 5.75 Å². The van der Waals surface area contributed by atoms with Gasteiger partial charge in [0, 0.05) is 17.5 Å². The highest BCUT2D eigenvalue weighted by Crippen LogP contribution is 2.23. The van der Waals surface area contributed by atoms with E-state index in [9.17, 15) is 0 Å². The minimum absolute atomic E-state index is 0.407. The minimum atomic E-state index is 0.407. The normalized spacial score (nSPS) is 12.3. The van der Waals surface area contributed by atoms with Crippen molar-refractivity contribution in [1.82, 2.24) is 5.32 Å². The van der Waals surface area contributed by atoms with Crippen molar-refractivity contribution in [3.8, 4) is 5.75 Å². The van der Waals surface area contributed by atoms with Gasteiger partial charge in [0.15, 0.2) is 0 Å². The largest absolute Gasteiger partial charge is 0.497 e. The van der Waals surface area contributed by atoms with Crippen LogP contribution in [-0.4, -0.2) is 13.7 Å². The van der Waals surface area contributed by atoms with Gasteiger partial charge in [-0.2, -0.15) is 0 Å². The van der Waals surface area contributed by atoms with Crippen LogP contribution < -0.4 is 10.1 Å². The molecule has 0 bridgehead atoms. The van der Waals surface area contributed by atoms with Gasteiger partial charge in [0.25, 0.3) is 0 Å². The number of thiophene rings is 1. The van der Waals surface area contributed by atoms with Gasteiger partial charge < -0.3 is 10.1 Å². The lowest BCUT2D eigenvalue weighted by molar-refractivity contribution is 0.414. The molecule has 1 N–H and O–H groups in total. The first-order valence-electron chi connectivity index (χ1n) is 6.84. The molecule has 108 valence electrons. The summed E-state index contributed by atoms with van der Waals surface area (Å²) in [7, 11) is 1.70. The molecule has 0 saturated carbocycles. The summed E-state index contributed by atoms with van der Waals surface area (Å²) in [5, 5.41) is 3.63. The molecule has 0 amide bonds. The van der Waals surface area contributed by atoms with Gasteiger partial charge in [-0.15, -0.1) is 11.3 Å². The third-order valence-corrected chi connectivity index (χ3v) is 5.00. The van der Waals surface area contributed by atoms with E-state index in [1.807, 2.05) is 23.5 Å². The molecule has 1 atom stereocenters. The van der Waals surface area contributed by atoms with Crippen molar-refractivity contribution in [3.05, 3.63) is 50.6 Å². The fraction of sp³-hybridized carbons (Fsp3) is 0.375. The van der Waals surface area contributed by atoms with E-state index in [0.29, 0.717) is 6.04 Å². The molecule has 0 aliphatic rings. The van der Waals surface area contributed by atoms with Crippen LogP contribution in [0.3, 0.4) is 0 Å². The van der Waals surface area contributed by atoms with E-state index in [4.69, 9.17) is 4.74 Å². The van der Waals surface area contributed by atoms with Crippen LogP contribution in [0.2, 0.25) is 0 Å². The number of rotatable bonds is 7. The van der Waals surface area contributed by atoms with Crippen LogP contribution in [0, 0.1) is 0 Å². The molecule has 4 heteroatoms. The van der Waals surface area contributed by atoms with Gasteiger partial charge in [0.05, 0.1) is 10.9 Å². The smallest absolute Gasteiger partial charge is 0.118 e. The molecule has 2 rings (SSSR count). The van der Waals surface area contributed by atoms with E-state index in [1.54, 1.807) is 7.11 Å². The predicted octanol–water partition coefficient (Wildman–Crippen LogP) is 4.80. The summed E-state index contributed by atoms with van der Waals surface area (Å²) in [6.07, 6.45) is 2.16. The van der Waals surface area contributed by atoms with Crippen molar-refractivity contribution in [2.45, 2.75) is 25.8 Å². The zero-order valence-electron chi connectivity index (χ0n) is 11.9. The summed E-state index contributed by atoms with van der Waals surface area (Å²) in [5.74, 6) is 0.909. The molecule has 2 aromatic rings. The third kappa shape index (κ3) is 4.33. The van der Waals surface area contributed by atoms with Gasteiger partial charge in [-0.05, 0) is 58.6 Å². The van der Waals surface area contributed by atoms with Crippen LogP contribution >= 0.6 is 27.3 Å². The predicted molar refractivity (Wildman–Crippen MR) is 89.8 cm³/mol. The van der Waals surface area contributed by atoms with Gasteiger partial charge in [-0.1, -0.05) is 19.1 Å². The number of nitrogens with one attached hydrogen (secondary N) is 1. The quantitative estimate of drug-likeness (QED) is 0.771. The molecule has 0 spiro atoms. The lowest BCUT2D eigenvalue weighted by Crippen LogP contribution is -2.23. The van der Waals surface area contributed by atoms with Crippen LogP contribution in [0.4, 0.5) is 0 Å². The number of ether oxygens (including phenoxy) is 1. The molecule has 0 radical (unpaired) electrons. The molecule has 0 fully saturated rings. The van der Waals surface area contributed by atoms with E-state index in [-0.39, 0.29) is 0 Å². The Bertz CT molecular complexity index is 524. The van der Waals surface area contributed by atoms with Crippen LogP contribution in [0.1, 0.15) is 29.8 Å². The van der Waals surface area contributed by atoms with Crippen molar-refractivity contribution in [2.24, 2.45) is 0 Å². The highest BCUT2D eigenvalue weighted by molar-refractivity contribution is 9.11. The number of benzene rings is 1. The SMILES string of the molecule is CCC(NCCc1ccc(Br)s1)c1ccc(OC)cc1. The second-order valence-electron chi connectivity index (χ2n) is 4.64.